The molecule has 0 spiro atoms. The van der Waals surface area contributed by atoms with E-state index >= 15 is 0 Å². The fourth-order valence-electron chi connectivity index (χ4n) is 3.47. The number of ether oxygens (including phenoxy) is 2. The number of rotatable bonds is 4. The van der Waals surface area contributed by atoms with Crippen LogP contribution in [-0.2, 0) is 9.47 Å². The number of nitrogens with zero attached hydrogens (tertiary/aromatic N) is 4. The summed E-state index contributed by atoms with van der Waals surface area (Å²) in [7, 11) is 0. The first-order chi connectivity index (χ1) is 12.1. The van der Waals surface area contributed by atoms with Gasteiger partial charge in [0.25, 0.3) is 0 Å². The maximum Gasteiger partial charge on any atom is 0.167 e. The molecule has 1 saturated carbocycles. The van der Waals surface area contributed by atoms with Crippen LogP contribution < -0.4 is 5.73 Å². The van der Waals surface area contributed by atoms with E-state index in [2.05, 4.69) is 15.0 Å². The van der Waals surface area contributed by atoms with Crippen LogP contribution >= 0.6 is 0 Å². The van der Waals surface area contributed by atoms with E-state index in [4.69, 9.17) is 15.2 Å². The molecule has 2 aliphatic rings. The molecule has 1 saturated heterocycles. The van der Waals surface area contributed by atoms with Crippen LogP contribution in [0.2, 0.25) is 0 Å². The molecule has 5 N–H and O–H groups in total. The van der Waals surface area contributed by atoms with E-state index in [1.54, 1.807) is 0 Å². The zero-order valence-electron chi connectivity index (χ0n) is 13.5. The second-order valence-corrected chi connectivity index (χ2v) is 6.50. The molecular formula is C15H21N5O5. The molecule has 3 heterocycles. The number of anilines is 1. The molecule has 10 nitrogen and oxygen atoms in total. The van der Waals surface area contributed by atoms with Gasteiger partial charge >= 0.3 is 0 Å². The lowest BCUT2D eigenvalue weighted by Gasteiger charge is -2.20. The highest BCUT2D eigenvalue weighted by Gasteiger charge is 2.45. The van der Waals surface area contributed by atoms with E-state index < -0.39 is 30.6 Å². The lowest BCUT2D eigenvalue weighted by molar-refractivity contribution is -0.0968. The van der Waals surface area contributed by atoms with Crippen LogP contribution in [0.1, 0.15) is 25.5 Å². The third-order valence-corrected chi connectivity index (χ3v) is 4.89. The van der Waals surface area contributed by atoms with Crippen molar-refractivity contribution in [3.05, 3.63) is 12.7 Å². The van der Waals surface area contributed by atoms with Gasteiger partial charge < -0.3 is 30.5 Å². The summed E-state index contributed by atoms with van der Waals surface area (Å²) in [5.74, 6) is 0.229. The SMILES string of the molecule is Nc1ncnc2c1ncn2[C@@H]1O[C@H](CO[C@@H]2CCC[C@H]2O)[C@@H](O)[C@H]1O. The van der Waals surface area contributed by atoms with Gasteiger partial charge in [-0.2, -0.15) is 0 Å². The molecular weight excluding hydrogens is 330 g/mol. The van der Waals surface area contributed by atoms with Gasteiger partial charge in [0.15, 0.2) is 17.7 Å². The smallest absolute Gasteiger partial charge is 0.167 e. The summed E-state index contributed by atoms with van der Waals surface area (Å²) < 4.78 is 13.0. The minimum Gasteiger partial charge on any atom is -0.390 e. The minimum atomic E-state index is -1.17. The van der Waals surface area contributed by atoms with Gasteiger partial charge in [-0.15, -0.1) is 0 Å². The molecule has 1 aliphatic carbocycles. The minimum absolute atomic E-state index is 0.0835. The Hall–Kier alpha value is -1.85. The van der Waals surface area contributed by atoms with Crippen molar-refractivity contribution in [3.63, 3.8) is 0 Å². The Morgan fingerprint density at radius 1 is 1.20 bits per heavy atom. The quantitative estimate of drug-likeness (QED) is 0.541. The van der Waals surface area contributed by atoms with E-state index in [-0.39, 0.29) is 18.5 Å². The van der Waals surface area contributed by atoms with Gasteiger partial charge in [-0.05, 0) is 19.3 Å². The van der Waals surface area contributed by atoms with Crippen molar-refractivity contribution in [1.29, 1.82) is 0 Å². The van der Waals surface area contributed by atoms with Gasteiger partial charge in [0.05, 0.1) is 25.1 Å². The number of hydrogen-bond donors (Lipinski definition) is 4. The number of nitrogen functional groups attached to an aromatic ring is 1. The van der Waals surface area contributed by atoms with Crippen LogP contribution in [0, 0.1) is 0 Å². The van der Waals surface area contributed by atoms with Crippen LogP contribution in [0.4, 0.5) is 5.82 Å². The molecule has 0 unspecified atom stereocenters. The average Bonchev–Trinajstić information content (AvgIpc) is 3.27. The van der Waals surface area contributed by atoms with Crippen LogP contribution in [0.5, 0.6) is 0 Å². The van der Waals surface area contributed by atoms with Crippen LogP contribution in [-0.4, -0.2) is 72.0 Å². The second-order valence-electron chi connectivity index (χ2n) is 6.50. The number of aliphatic hydroxyl groups is 3. The third-order valence-electron chi connectivity index (χ3n) is 4.89. The molecule has 0 radical (unpaired) electrons. The molecule has 1 aliphatic heterocycles. The van der Waals surface area contributed by atoms with Gasteiger partial charge in [-0.1, -0.05) is 0 Å². The summed E-state index contributed by atoms with van der Waals surface area (Å²) in [6.45, 7) is 0.0835. The number of aromatic nitrogens is 4. The third kappa shape index (κ3) is 2.85. The zero-order chi connectivity index (χ0) is 17.6. The first-order valence-corrected chi connectivity index (χ1v) is 8.30. The molecule has 0 aromatic carbocycles. The normalized spacial score (nSPS) is 35.6. The van der Waals surface area contributed by atoms with Crippen molar-refractivity contribution in [2.24, 2.45) is 0 Å². The van der Waals surface area contributed by atoms with E-state index in [1.165, 1.54) is 17.2 Å². The molecule has 2 aromatic rings. The topological polar surface area (TPSA) is 149 Å². The van der Waals surface area contributed by atoms with Crippen molar-refractivity contribution in [3.8, 4) is 0 Å². The summed E-state index contributed by atoms with van der Waals surface area (Å²) >= 11 is 0. The van der Waals surface area contributed by atoms with E-state index in [1.807, 2.05) is 0 Å². The highest BCUT2D eigenvalue weighted by atomic mass is 16.6. The molecule has 25 heavy (non-hydrogen) atoms. The molecule has 136 valence electrons. The predicted octanol–water partition coefficient (Wildman–Crippen LogP) is -1.04. The summed E-state index contributed by atoms with van der Waals surface area (Å²) in [4.78, 5) is 12.1. The Bertz CT molecular complexity index is 755. The summed E-state index contributed by atoms with van der Waals surface area (Å²) in [6, 6.07) is 0. The number of fused-ring (bicyclic) bond motifs is 1. The lowest BCUT2D eigenvalue weighted by atomic mass is 10.1. The first kappa shape index (κ1) is 16.6. The van der Waals surface area contributed by atoms with E-state index in [0.717, 1.165) is 12.8 Å². The Morgan fingerprint density at radius 2 is 2.04 bits per heavy atom. The van der Waals surface area contributed by atoms with Gasteiger partial charge in [-0.3, -0.25) is 4.57 Å². The molecule has 4 rings (SSSR count). The molecule has 2 fully saturated rings. The molecule has 2 aromatic heterocycles. The summed E-state index contributed by atoms with van der Waals surface area (Å²) in [5, 5.41) is 30.5. The Balaban J connectivity index is 1.50. The maximum absolute atomic E-state index is 10.4. The van der Waals surface area contributed by atoms with Gasteiger partial charge in [0, 0.05) is 0 Å². The van der Waals surface area contributed by atoms with Gasteiger partial charge in [0.2, 0.25) is 0 Å². The maximum atomic E-state index is 10.4. The Kier molecular flexibility index (Phi) is 4.29. The van der Waals surface area contributed by atoms with Crippen LogP contribution in [0.25, 0.3) is 11.2 Å². The summed E-state index contributed by atoms with van der Waals surface area (Å²) in [6.07, 6.45) is 0.523. The Labute approximate surface area is 143 Å². The summed E-state index contributed by atoms with van der Waals surface area (Å²) in [5.41, 5.74) is 6.58. The highest BCUT2D eigenvalue weighted by Crippen LogP contribution is 2.33. The zero-order valence-corrected chi connectivity index (χ0v) is 13.5. The molecule has 10 heteroatoms. The monoisotopic (exact) mass is 351 g/mol. The lowest BCUT2D eigenvalue weighted by Crippen LogP contribution is -2.36. The second kappa shape index (κ2) is 6.46. The average molecular weight is 351 g/mol. The number of nitrogens with two attached hydrogens (primary N) is 1. The molecule has 6 atom stereocenters. The fourth-order valence-corrected chi connectivity index (χ4v) is 3.47. The van der Waals surface area contributed by atoms with Crippen molar-refractivity contribution < 1.29 is 24.8 Å². The molecule has 0 amide bonds. The van der Waals surface area contributed by atoms with Gasteiger partial charge in [-0.25, -0.2) is 15.0 Å². The van der Waals surface area contributed by atoms with Crippen LogP contribution in [0.15, 0.2) is 12.7 Å². The van der Waals surface area contributed by atoms with Gasteiger partial charge in [0.1, 0.15) is 30.2 Å². The Morgan fingerprint density at radius 3 is 2.80 bits per heavy atom. The number of imidazole rings is 1. The first-order valence-electron chi connectivity index (χ1n) is 8.30. The van der Waals surface area contributed by atoms with Crippen LogP contribution in [0.3, 0.4) is 0 Å². The van der Waals surface area contributed by atoms with Crippen molar-refractivity contribution in [1.82, 2.24) is 19.5 Å². The predicted molar refractivity (Wildman–Crippen MR) is 85.3 cm³/mol. The van der Waals surface area contributed by atoms with Crippen molar-refractivity contribution >= 4 is 17.0 Å². The van der Waals surface area contributed by atoms with Crippen molar-refractivity contribution in [2.45, 2.75) is 56.0 Å². The number of hydrogen-bond acceptors (Lipinski definition) is 9. The number of aliphatic hydroxyl groups excluding tert-OH is 3. The fraction of sp³-hybridized carbons (Fsp3) is 0.667. The van der Waals surface area contributed by atoms with Crippen molar-refractivity contribution in [2.75, 3.05) is 12.3 Å². The van der Waals surface area contributed by atoms with E-state index in [9.17, 15) is 15.3 Å². The standard InChI is InChI=1S/C15H21N5O5/c16-13-10-14(18-5-17-13)20(6-19-10)15-12(23)11(22)9(25-15)4-24-8-3-1-2-7(8)21/h5-9,11-12,15,21-23H,1-4H2,(H2,16,17,18)/t7-,8-,9-,11-,12-,15-/m1/s1. The van der Waals surface area contributed by atoms with E-state index in [0.29, 0.717) is 17.6 Å². The molecule has 0 bridgehead atoms. The highest BCUT2D eigenvalue weighted by molar-refractivity contribution is 5.81. The largest absolute Gasteiger partial charge is 0.390 e.